The number of thiophene rings is 1. The lowest BCUT2D eigenvalue weighted by atomic mass is 10.0. The van der Waals surface area contributed by atoms with Gasteiger partial charge in [0.1, 0.15) is 6.04 Å². The van der Waals surface area contributed by atoms with Crippen LogP contribution >= 0.6 is 11.3 Å². The fraction of sp³-hybridized carbons (Fsp3) is 0.600. The summed E-state index contributed by atoms with van der Waals surface area (Å²) in [4.78, 5) is 27.2. The molecule has 1 aromatic heterocycles. The zero-order chi connectivity index (χ0) is 15.2. The highest BCUT2D eigenvalue weighted by atomic mass is 32.1. The molecule has 1 saturated heterocycles. The van der Waals surface area contributed by atoms with Crippen LogP contribution in [0.15, 0.2) is 17.5 Å². The number of likely N-dealkylation sites (tertiary alicyclic amines) is 1. The summed E-state index contributed by atoms with van der Waals surface area (Å²) in [5.74, 6) is 0.00785. The quantitative estimate of drug-likeness (QED) is 0.897. The van der Waals surface area contributed by atoms with Crippen molar-refractivity contribution < 1.29 is 9.59 Å². The van der Waals surface area contributed by atoms with Gasteiger partial charge in [-0.25, -0.2) is 4.79 Å². The van der Waals surface area contributed by atoms with Crippen LogP contribution in [0.25, 0.3) is 0 Å². The normalized spacial score (nSPS) is 19.9. The fourth-order valence-electron chi connectivity index (χ4n) is 2.56. The molecule has 0 bridgehead atoms. The molecule has 2 heterocycles. The molecule has 1 aliphatic rings. The zero-order valence-corrected chi connectivity index (χ0v) is 13.4. The molecule has 0 aliphatic carbocycles. The summed E-state index contributed by atoms with van der Waals surface area (Å²) in [5, 5.41) is 7.47. The topological polar surface area (TPSA) is 61.4 Å². The number of nitrogens with one attached hydrogen (secondary N) is 2. The molecule has 0 radical (unpaired) electrons. The molecule has 21 heavy (non-hydrogen) atoms. The van der Waals surface area contributed by atoms with Gasteiger partial charge in [-0.15, -0.1) is 11.3 Å². The number of amides is 3. The first kappa shape index (κ1) is 15.8. The van der Waals surface area contributed by atoms with E-state index in [0.29, 0.717) is 6.54 Å². The smallest absolute Gasteiger partial charge is 0.315 e. The molecule has 116 valence electrons. The summed E-state index contributed by atoms with van der Waals surface area (Å²) in [6.07, 6.45) is 3.27. The van der Waals surface area contributed by atoms with E-state index in [-0.39, 0.29) is 18.0 Å². The molecule has 2 rings (SSSR count). The molecule has 0 aromatic carbocycles. The monoisotopic (exact) mass is 309 g/mol. The van der Waals surface area contributed by atoms with Crippen LogP contribution in [0.2, 0.25) is 0 Å². The highest BCUT2D eigenvalue weighted by Gasteiger charge is 2.27. The van der Waals surface area contributed by atoms with Crippen LogP contribution in [0.5, 0.6) is 0 Å². The summed E-state index contributed by atoms with van der Waals surface area (Å²) in [6, 6.07) is 3.39. The minimum Gasteiger partial charge on any atom is -0.338 e. The molecule has 1 aromatic rings. The molecule has 0 unspecified atom stereocenters. The van der Waals surface area contributed by atoms with Crippen molar-refractivity contribution in [3.63, 3.8) is 0 Å². The molecular weight excluding hydrogens is 286 g/mol. The summed E-state index contributed by atoms with van der Waals surface area (Å²) in [6.45, 7) is 5.10. The van der Waals surface area contributed by atoms with E-state index in [1.807, 2.05) is 22.4 Å². The third kappa shape index (κ3) is 4.46. The maximum absolute atomic E-state index is 12.4. The molecule has 6 heteroatoms. The first-order valence-electron chi connectivity index (χ1n) is 7.45. The fourth-order valence-corrected chi connectivity index (χ4v) is 3.21. The van der Waals surface area contributed by atoms with E-state index in [0.717, 1.165) is 24.3 Å². The Bertz CT molecular complexity index is 475. The van der Waals surface area contributed by atoms with Gasteiger partial charge in [0.15, 0.2) is 0 Å². The lowest BCUT2D eigenvalue weighted by Gasteiger charge is -2.35. The van der Waals surface area contributed by atoms with Crippen LogP contribution in [0.4, 0.5) is 4.79 Å². The van der Waals surface area contributed by atoms with Gasteiger partial charge in [0.25, 0.3) is 0 Å². The highest BCUT2D eigenvalue weighted by Crippen LogP contribution is 2.17. The van der Waals surface area contributed by atoms with E-state index in [4.69, 9.17) is 0 Å². The predicted octanol–water partition coefficient (Wildman–Crippen LogP) is 2.34. The second-order valence-electron chi connectivity index (χ2n) is 5.50. The standard InChI is InChI=1S/C15H23N3O2S/c1-11-6-3-4-8-18(11)14(19)12(2)17-15(20)16-10-13-7-5-9-21-13/h5,7,9,11-12H,3-4,6,8,10H2,1-2H3,(H2,16,17,20)/t11-,12-/m1/s1. The van der Waals surface area contributed by atoms with Gasteiger partial charge in [-0.1, -0.05) is 6.07 Å². The van der Waals surface area contributed by atoms with Gasteiger partial charge in [-0.05, 0) is 44.6 Å². The van der Waals surface area contributed by atoms with Crippen molar-refractivity contribution in [2.75, 3.05) is 6.54 Å². The summed E-state index contributed by atoms with van der Waals surface area (Å²) in [7, 11) is 0. The summed E-state index contributed by atoms with van der Waals surface area (Å²) >= 11 is 1.60. The van der Waals surface area contributed by atoms with Crippen molar-refractivity contribution in [1.29, 1.82) is 0 Å². The summed E-state index contributed by atoms with van der Waals surface area (Å²) in [5.41, 5.74) is 0. The molecule has 0 saturated carbocycles. The predicted molar refractivity (Wildman–Crippen MR) is 84.2 cm³/mol. The molecule has 2 N–H and O–H groups in total. The minimum absolute atomic E-state index is 0.00785. The van der Waals surface area contributed by atoms with Crippen molar-refractivity contribution >= 4 is 23.3 Å². The number of carbonyl (C=O) groups excluding carboxylic acids is 2. The Morgan fingerprint density at radius 1 is 1.48 bits per heavy atom. The Morgan fingerprint density at radius 2 is 2.29 bits per heavy atom. The molecule has 1 fully saturated rings. The number of carbonyl (C=O) groups is 2. The van der Waals surface area contributed by atoms with Crippen LogP contribution in [-0.2, 0) is 11.3 Å². The third-order valence-electron chi connectivity index (χ3n) is 3.81. The SMILES string of the molecule is C[C@@H]1CCCCN1C(=O)[C@@H](C)NC(=O)NCc1cccs1. The van der Waals surface area contributed by atoms with Crippen LogP contribution in [0, 0.1) is 0 Å². The Hall–Kier alpha value is -1.56. The van der Waals surface area contributed by atoms with Crippen molar-refractivity contribution in [1.82, 2.24) is 15.5 Å². The van der Waals surface area contributed by atoms with Gasteiger partial charge in [0.05, 0.1) is 6.54 Å². The Balaban J connectivity index is 1.78. The molecule has 5 nitrogen and oxygen atoms in total. The Kier molecular flexibility index (Phi) is 5.61. The van der Waals surface area contributed by atoms with Crippen molar-refractivity contribution in [2.24, 2.45) is 0 Å². The molecular formula is C15H23N3O2S. The first-order chi connectivity index (χ1) is 10.1. The number of hydrogen-bond donors (Lipinski definition) is 2. The van der Waals surface area contributed by atoms with Crippen molar-refractivity contribution in [3.05, 3.63) is 22.4 Å². The second kappa shape index (κ2) is 7.45. The van der Waals surface area contributed by atoms with Crippen LogP contribution < -0.4 is 10.6 Å². The lowest BCUT2D eigenvalue weighted by Crippen LogP contribution is -2.53. The Morgan fingerprint density at radius 3 is 2.95 bits per heavy atom. The van der Waals surface area contributed by atoms with E-state index >= 15 is 0 Å². The Labute approximate surface area is 129 Å². The van der Waals surface area contributed by atoms with E-state index < -0.39 is 6.04 Å². The average molecular weight is 309 g/mol. The van der Waals surface area contributed by atoms with Gasteiger partial charge in [-0.3, -0.25) is 4.79 Å². The zero-order valence-electron chi connectivity index (χ0n) is 12.6. The third-order valence-corrected chi connectivity index (χ3v) is 4.68. The lowest BCUT2D eigenvalue weighted by molar-refractivity contribution is -0.136. The van der Waals surface area contributed by atoms with Gasteiger partial charge in [-0.2, -0.15) is 0 Å². The molecule has 0 spiro atoms. The number of hydrogen-bond acceptors (Lipinski definition) is 3. The number of nitrogens with zero attached hydrogens (tertiary/aromatic N) is 1. The maximum atomic E-state index is 12.4. The van der Waals surface area contributed by atoms with E-state index in [2.05, 4.69) is 17.6 Å². The number of piperidine rings is 1. The van der Waals surface area contributed by atoms with Crippen molar-refractivity contribution in [3.8, 4) is 0 Å². The van der Waals surface area contributed by atoms with Gasteiger partial charge in [0, 0.05) is 17.5 Å². The van der Waals surface area contributed by atoms with Gasteiger partial charge < -0.3 is 15.5 Å². The molecule has 1 aliphatic heterocycles. The highest BCUT2D eigenvalue weighted by molar-refractivity contribution is 7.09. The first-order valence-corrected chi connectivity index (χ1v) is 8.33. The van der Waals surface area contributed by atoms with E-state index in [9.17, 15) is 9.59 Å². The largest absolute Gasteiger partial charge is 0.338 e. The average Bonchev–Trinajstić information content (AvgIpc) is 2.98. The molecule has 2 atom stereocenters. The molecule has 3 amide bonds. The second-order valence-corrected chi connectivity index (χ2v) is 6.54. The van der Waals surface area contributed by atoms with Crippen LogP contribution in [0.1, 0.15) is 38.0 Å². The number of rotatable bonds is 4. The van der Waals surface area contributed by atoms with E-state index in [1.54, 1.807) is 18.3 Å². The van der Waals surface area contributed by atoms with Crippen LogP contribution in [0.3, 0.4) is 0 Å². The number of urea groups is 1. The van der Waals surface area contributed by atoms with Gasteiger partial charge >= 0.3 is 6.03 Å². The van der Waals surface area contributed by atoms with E-state index in [1.165, 1.54) is 6.42 Å². The minimum atomic E-state index is -0.492. The summed E-state index contributed by atoms with van der Waals surface area (Å²) < 4.78 is 0. The van der Waals surface area contributed by atoms with Crippen molar-refractivity contribution in [2.45, 2.75) is 51.7 Å². The van der Waals surface area contributed by atoms with Crippen LogP contribution in [-0.4, -0.2) is 35.5 Å². The maximum Gasteiger partial charge on any atom is 0.315 e. The van der Waals surface area contributed by atoms with Gasteiger partial charge in [0.2, 0.25) is 5.91 Å².